The SMILES string of the molecule is Oc1c(C2CC2)nn2ccccc12. The molecule has 0 bridgehead atoms. The Kier molecular flexibility index (Phi) is 1.20. The van der Waals surface area contributed by atoms with Gasteiger partial charge in [-0.2, -0.15) is 5.10 Å². The van der Waals surface area contributed by atoms with Crippen molar-refractivity contribution in [1.82, 2.24) is 9.61 Å². The number of fused-ring (bicyclic) bond motifs is 1. The Morgan fingerprint density at radius 1 is 1.38 bits per heavy atom. The van der Waals surface area contributed by atoms with Crippen LogP contribution in [0.1, 0.15) is 24.5 Å². The van der Waals surface area contributed by atoms with Crippen LogP contribution in [0.5, 0.6) is 5.75 Å². The standard InChI is InChI=1S/C10H10N2O/c13-10-8-3-1-2-6-12(8)11-9(10)7-4-5-7/h1-3,6-7,13H,4-5H2. The number of hydrogen-bond acceptors (Lipinski definition) is 2. The molecule has 2 aromatic rings. The topological polar surface area (TPSA) is 37.5 Å². The smallest absolute Gasteiger partial charge is 0.165 e. The van der Waals surface area contributed by atoms with Crippen LogP contribution in [0.3, 0.4) is 0 Å². The number of aromatic hydroxyl groups is 1. The fraction of sp³-hybridized carbons (Fsp3) is 0.300. The van der Waals surface area contributed by atoms with Crippen molar-refractivity contribution in [3.05, 3.63) is 30.1 Å². The number of pyridine rings is 1. The first-order chi connectivity index (χ1) is 6.36. The van der Waals surface area contributed by atoms with Gasteiger partial charge >= 0.3 is 0 Å². The highest BCUT2D eigenvalue weighted by molar-refractivity contribution is 5.62. The van der Waals surface area contributed by atoms with Gasteiger partial charge in [0.2, 0.25) is 0 Å². The molecule has 0 amide bonds. The van der Waals surface area contributed by atoms with Gasteiger partial charge in [0.1, 0.15) is 11.2 Å². The summed E-state index contributed by atoms with van der Waals surface area (Å²) in [5, 5.41) is 14.2. The van der Waals surface area contributed by atoms with Crippen LogP contribution in [0.4, 0.5) is 0 Å². The molecule has 0 unspecified atom stereocenters. The van der Waals surface area contributed by atoms with Crippen LogP contribution in [-0.4, -0.2) is 14.7 Å². The van der Waals surface area contributed by atoms with Crippen molar-refractivity contribution in [3.8, 4) is 5.75 Å². The summed E-state index contributed by atoms with van der Waals surface area (Å²) in [4.78, 5) is 0. The van der Waals surface area contributed by atoms with E-state index in [1.165, 1.54) is 0 Å². The summed E-state index contributed by atoms with van der Waals surface area (Å²) < 4.78 is 1.74. The molecule has 0 aromatic carbocycles. The highest BCUT2D eigenvalue weighted by Crippen LogP contribution is 2.44. The summed E-state index contributed by atoms with van der Waals surface area (Å²) in [5.74, 6) is 0.864. The molecule has 2 aromatic heterocycles. The second kappa shape index (κ2) is 2.25. The maximum atomic E-state index is 9.82. The van der Waals surface area contributed by atoms with Crippen LogP contribution in [0.2, 0.25) is 0 Å². The van der Waals surface area contributed by atoms with E-state index in [9.17, 15) is 5.11 Å². The zero-order valence-electron chi connectivity index (χ0n) is 7.14. The Labute approximate surface area is 75.6 Å². The second-order valence-electron chi connectivity index (χ2n) is 3.54. The Balaban J connectivity index is 2.30. The molecule has 1 aliphatic carbocycles. The third kappa shape index (κ3) is 0.932. The highest BCUT2D eigenvalue weighted by Gasteiger charge is 2.30. The van der Waals surface area contributed by atoms with E-state index in [4.69, 9.17) is 0 Å². The monoisotopic (exact) mass is 174 g/mol. The van der Waals surface area contributed by atoms with Crippen LogP contribution in [0.25, 0.3) is 5.52 Å². The lowest BCUT2D eigenvalue weighted by Crippen LogP contribution is -1.85. The average Bonchev–Trinajstić information content (AvgIpc) is 2.94. The number of hydrogen-bond donors (Lipinski definition) is 1. The maximum Gasteiger partial charge on any atom is 0.165 e. The normalized spacial score (nSPS) is 16.6. The lowest BCUT2D eigenvalue weighted by atomic mass is 10.2. The van der Waals surface area contributed by atoms with Crippen molar-refractivity contribution in [1.29, 1.82) is 0 Å². The van der Waals surface area contributed by atoms with E-state index in [0.29, 0.717) is 11.7 Å². The molecule has 13 heavy (non-hydrogen) atoms. The largest absolute Gasteiger partial charge is 0.504 e. The summed E-state index contributed by atoms with van der Waals surface area (Å²) in [6.45, 7) is 0. The van der Waals surface area contributed by atoms with Gasteiger partial charge in [-0.25, -0.2) is 4.52 Å². The maximum absolute atomic E-state index is 9.82. The third-order valence-electron chi connectivity index (χ3n) is 2.50. The molecular formula is C10H10N2O. The van der Waals surface area contributed by atoms with E-state index in [2.05, 4.69) is 5.10 Å². The average molecular weight is 174 g/mol. The summed E-state index contributed by atoms with van der Waals surface area (Å²) in [5.41, 5.74) is 1.68. The molecule has 2 heterocycles. The van der Waals surface area contributed by atoms with Crippen LogP contribution in [0.15, 0.2) is 24.4 Å². The molecule has 0 spiro atoms. The zero-order valence-corrected chi connectivity index (χ0v) is 7.14. The molecule has 0 saturated heterocycles. The van der Waals surface area contributed by atoms with Gasteiger partial charge in [0.25, 0.3) is 0 Å². The lowest BCUT2D eigenvalue weighted by Gasteiger charge is -1.89. The van der Waals surface area contributed by atoms with Gasteiger partial charge in [-0.3, -0.25) is 0 Å². The molecule has 0 aliphatic heterocycles. The van der Waals surface area contributed by atoms with Crippen molar-refractivity contribution in [3.63, 3.8) is 0 Å². The van der Waals surface area contributed by atoms with E-state index in [0.717, 1.165) is 24.1 Å². The molecule has 0 radical (unpaired) electrons. The molecule has 1 N–H and O–H groups in total. The van der Waals surface area contributed by atoms with Crippen molar-refractivity contribution in [2.75, 3.05) is 0 Å². The third-order valence-corrected chi connectivity index (χ3v) is 2.50. The summed E-state index contributed by atoms with van der Waals surface area (Å²) in [6, 6.07) is 5.71. The number of aromatic nitrogens is 2. The molecule has 3 heteroatoms. The molecular weight excluding hydrogens is 164 g/mol. The van der Waals surface area contributed by atoms with Crippen LogP contribution >= 0.6 is 0 Å². The van der Waals surface area contributed by atoms with Gasteiger partial charge in [-0.15, -0.1) is 0 Å². The molecule has 3 nitrogen and oxygen atoms in total. The molecule has 1 fully saturated rings. The Morgan fingerprint density at radius 3 is 2.92 bits per heavy atom. The first-order valence-corrected chi connectivity index (χ1v) is 4.52. The minimum Gasteiger partial charge on any atom is -0.504 e. The minimum absolute atomic E-state index is 0.364. The highest BCUT2D eigenvalue weighted by atomic mass is 16.3. The van der Waals surface area contributed by atoms with Gasteiger partial charge < -0.3 is 5.11 Å². The molecule has 1 aliphatic rings. The van der Waals surface area contributed by atoms with E-state index in [-0.39, 0.29) is 0 Å². The Morgan fingerprint density at radius 2 is 2.23 bits per heavy atom. The first-order valence-electron chi connectivity index (χ1n) is 4.52. The summed E-state index contributed by atoms with van der Waals surface area (Å²) in [7, 11) is 0. The summed E-state index contributed by atoms with van der Waals surface area (Å²) >= 11 is 0. The van der Waals surface area contributed by atoms with E-state index >= 15 is 0 Å². The van der Waals surface area contributed by atoms with Gasteiger partial charge in [-0.05, 0) is 25.0 Å². The molecule has 1 saturated carbocycles. The zero-order chi connectivity index (χ0) is 8.84. The quantitative estimate of drug-likeness (QED) is 0.717. The van der Waals surface area contributed by atoms with E-state index in [1.807, 2.05) is 24.4 Å². The number of rotatable bonds is 1. The van der Waals surface area contributed by atoms with Crippen LogP contribution in [-0.2, 0) is 0 Å². The minimum atomic E-state index is 0.364. The van der Waals surface area contributed by atoms with E-state index in [1.54, 1.807) is 4.52 Å². The predicted octanol–water partition coefficient (Wildman–Crippen LogP) is 1.92. The van der Waals surface area contributed by atoms with Gasteiger partial charge in [-0.1, -0.05) is 6.07 Å². The Bertz CT molecular complexity index is 457. The van der Waals surface area contributed by atoms with Gasteiger partial charge in [0.15, 0.2) is 5.75 Å². The first kappa shape index (κ1) is 6.95. The van der Waals surface area contributed by atoms with Crippen molar-refractivity contribution >= 4 is 5.52 Å². The predicted molar refractivity (Wildman–Crippen MR) is 48.8 cm³/mol. The van der Waals surface area contributed by atoms with Crippen molar-refractivity contribution in [2.45, 2.75) is 18.8 Å². The number of nitrogens with zero attached hydrogens (tertiary/aromatic N) is 2. The van der Waals surface area contributed by atoms with E-state index < -0.39 is 0 Å². The molecule has 0 atom stereocenters. The fourth-order valence-electron chi connectivity index (χ4n) is 1.64. The Hall–Kier alpha value is -1.51. The fourth-order valence-corrected chi connectivity index (χ4v) is 1.64. The van der Waals surface area contributed by atoms with Crippen molar-refractivity contribution in [2.24, 2.45) is 0 Å². The summed E-state index contributed by atoms with van der Waals surface area (Å²) in [6.07, 6.45) is 4.19. The van der Waals surface area contributed by atoms with Gasteiger partial charge in [0, 0.05) is 12.1 Å². The molecule has 3 rings (SSSR count). The molecule has 66 valence electrons. The van der Waals surface area contributed by atoms with Gasteiger partial charge in [0.05, 0.1) is 0 Å². The second-order valence-corrected chi connectivity index (χ2v) is 3.54. The van der Waals surface area contributed by atoms with Crippen LogP contribution in [0, 0.1) is 0 Å². The van der Waals surface area contributed by atoms with Crippen LogP contribution < -0.4 is 0 Å². The lowest BCUT2D eigenvalue weighted by molar-refractivity contribution is 0.474. The van der Waals surface area contributed by atoms with Crippen molar-refractivity contribution < 1.29 is 5.11 Å².